The standard InChI is InChI=1S/C45H28N4/c1-2-12-31(13-3-1)47-42-21-20-33(25-36(42)39-28-46-23-22-43(39)47)49-41-17-9-7-15-35(41)38-26-37-34-14-6-8-16-40(34)48(44(37)27-45(38)49)32-19-18-29-10-4-5-11-30(29)24-32/h1-28H. The molecule has 49 heavy (non-hydrogen) atoms. The van der Waals surface area contributed by atoms with Crippen LogP contribution in [0.4, 0.5) is 0 Å². The summed E-state index contributed by atoms with van der Waals surface area (Å²) in [5.74, 6) is 0. The number of hydrogen-bond donors (Lipinski definition) is 0. The number of para-hydroxylation sites is 3. The number of fused-ring (bicyclic) bond motifs is 10. The predicted molar refractivity (Wildman–Crippen MR) is 205 cm³/mol. The van der Waals surface area contributed by atoms with Crippen molar-refractivity contribution in [2.45, 2.75) is 0 Å². The second-order valence-electron chi connectivity index (χ2n) is 12.9. The molecule has 0 spiro atoms. The van der Waals surface area contributed by atoms with Crippen molar-refractivity contribution in [1.82, 2.24) is 18.7 Å². The molecule has 0 aliphatic carbocycles. The topological polar surface area (TPSA) is 27.7 Å². The first kappa shape index (κ1) is 26.4. The van der Waals surface area contributed by atoms with E-state index < -0.39 is 0 Å². The zero-order valence-corrected chi connectivity index (χ0v) is 26.5. The summed E-state index contributed by atoms with van der Waals surface area (Å²) in [5, 5.41) is 9.81. The summed E-state index contributed by atoms with van der Waals surface area (Å²) < 4.78 is 7.21. The largest absolute Gasteiger partial charge is 0.309 e. The highest BCUT2D eigenvalue weighted by Gasteiger charge is 2.20. The Labute approximate surface area is 281 Å². The van der Waals surface area contributed by atoms with Gasteiger partial charge in [-0.15, -0.1) is 0 Å². The lowest BCUT2D eigenvalue weighted by Crippen LogP contribution is -1.97. The van der Waals surface area contributed by atoms with E-state index in [9.17, 15) is 0 Å². The van der Waals surface area contributed by atoms with E-state index in [-0.39, 0.29) is 0 Å². The van der Waals surface area contributed by atoms with Gasteiger partial charge in [-0.25, -0.2) is 0 Å². The monoisotopic (exact) mass is 624 g/mol. The molecular formula is C45H28N4. The van der Waals surface area contributed by atoms with Crippen molar-refractivity contribution in [3.8, 4) is 17.1 Å². The zero-order valence-electron chi connectivity index (χ0n) is 26.5. The Kier molecular flexibility index (Phi) is 5.35. The molecule has 7 aromatic carbocycles. The maximum Gasteiger partial charge on any atom is 0.0571 e. The van der Waals surface area contributed by atoms with Crippen molar-refractivity contribution in [3.05, 3.63) is 170 Å². The molecule has 4 heteroatoms. The summed E-state index contributed by atoms with van der Waals surface area (Å²) in [6.07, 6.45) is 3.88. The number of aromatic nitrogens is 4. The number of hydrogen-bond acceptors (Lipinski definition) is 1. The summed E-state index contributed by atoms with van der Waals surface area (Å²) in [6.45, 7) is 0. The number of rotatable bonds is 3. The lowest BCUT2D eigenvalue weighted by atomic mass is 10.1. The molecule has 0 N–H and O–H groups in total. The van der Waals surface area contributed by atoms with Gasteiger partial charge in [-0.3, -0.25) is 4.98 Å². The molecule has 0 aliphatic rings. The van der Waals surface area contributed by atoms with Crippen molar-refractivity contribution in [1.29, 1.82) is 0 Å². The minimum Gasteiger partial charge on any atom is -0.309 e. The van der Waals surface area contributed by atoms with Gasteiger partial charge < -0.3 is 13.7 Å². The summed E-state index contributed by atoms with van der Waals surface area (Å²) in [4.78, 5) is 4.55. The highest BCUT2D eigenvalue weighted by molar-refractivity contribution is 6.19. The van der Waals surface area contributed by atoms with E-state index in [0.717, 1.165) is 33.5 Å². The summed E-state index contributed by atoms with van der Waals surface area (Å²) in [7, 11) is 0. The van der Waals surface area contributed by atoms with Gasteiger partial charge in [0, 0.05) is 61.8 Å². The van der Waals surface area contributed by atoms with E-state index in [1.807, 2.05) is 12.4 Å². The van der Waals surface area contributed by atoms with Crippen molar-refractivity contribution < 1.29 is 0 Å². The zero-order chi connectivity index (χ0) is 32.1. The molecule has 4 nitrogen and oxygen atoms in total. The normalized spacial score (nSPS) is 12.1. The molecule has 228 valence electrons. The Bertz CT molecular complexity index is 3100. The van der Waals surface area contributed by atoms with Crippen LogP contribution in [0.15, 0.2) is 170 Å². The van der Waals surface area contributed by atoms with E-state index in [1.54, 1.807) is 0 Å². The van der Waals surface area contributed by atoms with Crippen molar-refractivity contribution in [3.63, 3.8) is 0 Å². The van der Waals surface area contributed by atoms with Gasteiger partial charge in [0.1, 0.15) is 0 Å². The van der Waals surface area contributed by atoms with Crippen LogP contribution in [0.1, 0.15) is 0 Å². The van der Waals surface area contributed by atoms with Crippen LogP contribution in [0.25, 0.3) is 93.3 Å². The summed E-state index contributed by atoms with van der Waals surface area (Å²) >= 11 is 0. The molecular weight excluding hydrogens is 597 g/mol. The molecule has 0 bridgehead atoms. The fourth-order valence-corrected chi connectivity index (χ4v) is 8.15. The fraction of sp³-hybridized carbons (Fsp3) is 0. The quantitative estimate of drug-likeness (QED) is 0.192. The molecule has 0 amide bonds. The predicted octanol–water partition coefficient (Wildman–Crippen LogP) is 11.5. The Morgan fingerprint density at radius 1 is 0.306 bits per heavy atom. The van der Waals surface area contributed by atoms with Crippen molar-refractivity contribution >= 4 is 76.2 Å². The van der Waals surface area contributed by atoms with Crippen LogP contribution < -0.4 is 0 Å². The summed E-state index contributed by atoms with van der Waals surface area (Å²) in [6, 6.07) is 57.4. The van der Waals surface area contributed by atoms with Gasteiger partial charge in [0.2, 0.25) is 0 Å². The van der Waals surface area contributed by atoms with Gasteiger partial charge in [-0.1, -0.05) is 84.9 Å². The molecule has 11 aromatic rings. The highest BCUT2D eigenvalue weighted by atomic mass is 15.0. The molecule has 0 radical (unpaired) electrons. The van der Waals surface area contributed by atoms with Crippen molar-refractivity contribution in [2.75, 3.05) is 0 Å². The third-order valence-electron chi connectivity index (χ3n) is 10.3. The van der Waals surface area contributed by atoms with E-state index in [0.29, 0.717) is 0 Å². The van der Waals surface area contributed by atoms with Gasteiger partial charge in [-0.05, 0) is 83.6 Å². The average Bonchev–Trinajstić information content (AvgIpc) is 3.79. The van der Waals surface area contributed by atoms with Crippen LogP contribution >= 0.6 is 0 Å². The fourth-order valence-electron chi connectivity index (χ4n) is 8.15. The minimum atomic E-state index is 1.13. The second-order valence-corrected chi connectivity index (χ2v) is 12.9. The van der Waals surface area contributed by atoms with E-state index >= 15 is 0 Å². The molecule has 0 atom stereocenters. The SMILES string of the molecule is c1ccc(-n2c3ccncc3c3cc(-n4c5ccccc5c5cc6c7ccccc7n(-c7ccc8ccccc8c7)c6cc54)ccc32)cc1. The van der Waals surface area contributed by atoms with Crippen LogP contribution in [0.2, 0.25) is 0 Å². The first-order valence-electron chi connectivity index (χ1n) is 16.7. The van der Waals surface area contributed by atoms with Gasteiger partial charge in [0.25, 0.3) is 0 Å². The first-order chi connectivity index (χ1) is 24.3. The molecule has 4 heterocycles. The van der Waals surface area contributed by atoms with E-state index in [2.05, 4.69) is 176 Å². The van der Waals surface area contributed by atoms with Crippen molar-refractivity contribution in [2.24, 2.45) is 0 Å². The third kappa shape index (κ3) is 3.71. The van der Waals surface area contributed by atoms with Gasteiger partial charge in [-0.2, -0.15) is 0 Å². The van der Waals surface area contributed by atoms with Crippen LogP contribution in [0.5, 0.6) is 0 Å². The molecule has 0 saturated carbocycles. The van der Waals surface area contributed by atoms with Crippen LogP contribution in [0.3, 0.4) is 0 Å². The smallest absolute Gasteiger partial charge is 0.0571 e. The Morgan fingerprint density at radius 3 is 1.61 bits per heavy atom. The Hall–Kier alpha value is -6.65. The second kappa shape index (κ2) is 9.93. The molecule has 0 saturated heterocycles. The minimum absolute atomic E-state index is 1.13. The summed E-state index contributed by atoms with van der Waals surface area (Å²) in [5.41, 5.74) is 10.5. The molecule has 4 aromatic heterocycles. The molecule has 11 rings (SSSR count). The highest BCUT2D eigenvalue weighted by Crippen LogP contribution is 2.41. The number of benzene rings is 7. The Balaban J connectivity index is 1.23. The lowest BCUT2D eigenvalue weighted by molar-refractivity contribution is 1.16. The van der Waals surface area contributed by atoms with Crippen LogP contribution in [-0.4, -0.2) is 18.7 Å². The maximum absolute atomic E-state index is 4.55. The van der Waals surface area contributed by atoms with E-state index in [1.165, 1.54) is 59.8 Å². The third-order valence-corrected chi connectivity index (χ3v) is 10.3. The first-order valence-corrected chi connectivity index (χ1v) is 16.7. The molecule has 0 unspecified atom stereocenters. The van der Waals surface area contributed by atoms with Gasteiger partial charge in [0.15, 0.2) is 0 Å². The van der Waals surface area contributed by atoms with Crippen LogP contribution in [-0.2, 0) is 0 Å². The maximum atomic E-state index is 4.55. The molecule has 0 fully saturated rings. The van der Waals surface area contributed by atoms with Gasteiger partial charge in [0.05, 0.1) is 33.1 Å². The van der Waals surface area contributed by atoms with Crippen LogP contribution in [0, 0.1) is 0 Å². The lowest BCUT2D eigenvalue weighted by Gasteiger charge is -2.12. The van der Waals surface area contributed by atoms with E-state index in [4.69, 9.17) is 0 Å². The number of pyridine rings is 1. The molecule has 0 aliphatic heterocycles. The number of nitrogens with zero attached hydrogens (tertiary/aromatic N) is 4. The Morgan fingerprint density at radius 2 is 0.857 bits per heavy atom. The van der Waals surface area contributed by atoms with Gasteiger partial charge >= 0.3 is 0 Å². The average molecular weight is 625 g/mol.